The fourth-order valence-electron chi connectivity index (χ4n) is 4.12. The summed E-state index contributed by atoms with van der Waals surface area (Å²) < 4.78 is 2.14. The lowest BCUT2D eigenvalue weighted by Crippen LogP contribution is -2.43. The van der Waals surface area contributed by atoms with Crippen LogP contribution in [0.3, 0.4) is 0 Å². The second-order valence-electron chi connectivity index (χ2n) is 7.76. The maximum Gasteiger partial charge on any atom is 0.261 e. The van der Waals surface area contributed by atoms with Crippen LogP contribution < -0.4 is 5.56 Å². The number of fused-ring (bicyclic) bond motifs is 1. The SMILES string of the molecule is Cc1cc(C)c(C(=O)N2Cc3nnc(CCc4ccccc4)n3[C@@H](C)C2)c(=O)[nH]1. The van der Waals surface area contributed by atoms with Gasteiger partial charge in [-0.2, -0.15) is 0 Å². The van der Waals surface area contributed by atoms with Gasteiger partial charge in [-0.3, -0.25) is 9.59 Å². The van der Waals surface area contributed by atoms with Crippen molar-refractivity contribution in [2.24, 2.45) is 0 Å². The highest BCUT2D eigenvalue weighted by atomic mass is 16.2. The quantitative estimate of drug-likeness (QED) is 0.741. The van der Waals surface area contributed by atoms with Gasteiger partial charge in [0.05, 0.1) is 12.6 Å². The first-order chi connectivity index (χ1) is 13.9. The number of H-pyrrole nitrogens is 1. The van der Waals surface area contributed by atoms with Crippen LogP contribution in [0.2, 0.25) is 0 Å². The van der Waals surface area contributed by atoms with Crippen molar-refractivity contribution in [1.82, 2.24) is 24.6 Å². The van der Waals surface area contributed by atoms with E-state index in [0.29, 0.717) is 18.7 Å². The molecular formula is C22H25N5O2. The zero-order chi connectivity index (χ0) is 20.5. The lowest BCUT2D eigenvalue weighted by molar-refractivity contribution is 0.0677. The summed E-state index contributed by atoms with van der Waals surface area (Å²) >= 11 is 0. The third-order valence-electron chi connectivity index (χ3n) is 5.44. The number of benzene rings is 1. The van der Waals surface area contributed by atoms with Crippen LogP contribution in [0.15, 0.2) is 41.2 Å². The fourth-order valence-corrected chi connectivity index (χ4v) is 4.12. The van der Waals surface area contributed by atoms with Crippen molar-refractivity contribution in [2.45, 2.75) is 46.2 Å². The minimum Gasteiger partial charge on any atom is -0.329 e. The van der Waals surface area contributed by atoms with E-state index in [2.05, 4.69) is 38.8 Å². The van der Waals surface area contributed by atoms with Gasteiger partial charge < -0.3 is 14.5 Å². The molecule has 0 radical (unpaired) electrons. The topological polar surface area (TPSA) is 83.9 Å². The normalized spacial score (nSPS) is 16.0. The molecule has 3 heterocycles. The first-order valence-electron chi connectivity index (χ1n) is 9.90. The average Bonchev–Trinajstić information content (AvgIpc) is 3.10. The van der Waals surface area contributed by atoms with Gasteiger partial charge in [0.2, 0.25) is 0 Å². The van der Waals surface area contributed by atoms with E-state index in [4.69, 9.17) is 0 Å². The Hall–Kier alpha value is -3.22. The summed E-state index contributed by atoms with van der Waals surface area (Å²) in [5.74, 6) is 1.45. The van der Waals surface area contributed by atoms with E-state index in [-0.39, 0.29) is 23.1 Å². The molecule has 0 aliphatic carbocycles. The molecule has 1 amide bonds. The van der Waals surface area contributed by atoms with Gasteiger partial charge in [0, 0.05) is 18.7 Å². The number of aromatic amines is 1. The van der Waals surface area contributed by atoms with Crippen LogP contribution in [0.5, 0.6) is 0 Å². The summed E-state index contributed by atoms with van der Waals surface area (Å²) in [5, 5.41) is 8.72. The third kappa shape index (κ3) is 3.72. The van der Waals surface area contributed by atoms with Crippen molar-refractivity contribution in [1.29, 1.82) is 0 Å². The highest BCUT2D eigenvalue weighted by molar-refractivity contribution is 5.95. The first-order valence-corrected chi connectivity index (χ1v) is 9.90. The predicted octanol–water partition coefficient (Wildman–Crippen LogP) is 2.59. The van der Waals surface area contributed by atoms with Gasteiger partial charge in [0.15, 0.2) is 5.82 Å². The molecule has 150 valence electrons. The van der Waals surface area contributed by atoms with E-state index in [1.807, 2.05) is 31.2 Å². The van der Waals surface area contributed by atoms with Crippen molar-refractivity contribution < 1.29 is 4.79 Å². The van der Waals surface area contributed by atoms with E-state index < -0.39 is 0 Å². The van der Waals surface area contributed by atoms with E-state index >= 15 is 0 Å². The Bertz CT molecular complexity index is 1100. The monoisotopic (exact) mass is 391 g/mol. The number of amides is 1. The van der Waals surface area contributed by atoms with Crippen LogP contribution in [-0.4, -0.2) is 37.1 Å². The number of pyridine rings is 1. The van der Waals surface area contributed by atoms with E-state index in [1.165, 1.54) is 5.56 Å². The molecule has 7 heteroatoms. The van der Waals surface area contributed by atoms with Crippen LogP contribution in [0.4, 0.5) is 0 Å². The molecule has 1 aromatic carbocycles. The Kier molecular flexibility index (Phi) is 5.05. The predicted molar refractivity (Wildman–Crippen MR) is 110 cm³/mol. The zero-order valence-electron chi connectivity index (χ0n) is 17.0. The molecule has 0 bridgehead atoms. The molecule has 29 heavy (non-hydrogen) atoms. The Morgan fingerprint density at radius 1 is 1.17 bits per heavy atom. The smallest absolute Gasteiger partial charge is 0.261 e. The van der Waals surface area contributed by atoms with Gasteiger partial charge in [0.1, 0.15) is 11.4 Å². The molecule has 0 saturated carbocycles. The van der Waals surface area contributed by atoms with Gasteiger partial charge in [0.25, 0.3) is 11.5 Å². The molecular weight excluding hydrogens is 366 g/mol. The number of nitrogens with one attached hydrogen (secondary N) is 1. The number of hydrogen-bond acceptors (Lipinski definition) is 4. The number of aromatic nitrogens is 4. The number of hydrogen-bond donors (Lipinski definition) is 1. The molecule has 0 spiro atoms. The number of aryl methyl sites for hydroxylation is 4. The highest BCUT2D eigenvalue weighted by Crippen LogP contribution is 2.24. The summed E-state index contributed by atoms with van der Waals surface area (Å²) in [7, 11) is 0. The molecule has 0 saturated heterocycles. The average molecular weight is 391 g/mol. The molecule has 0 fully saturated rings. The fraction of sp³-hybridized carbons (Fsp3) is 0.364. The third-order valence-corrected chi connectivity index (χ3v) is 5.44. The molecule has 1 N–H and O–H groups in total. The number of nitrogens with zero attached hydrogens (tertiary/aromatic N) is 4. The maximum atomic E-state index is 13.1. The van der Waals surface area contributed by atoms with Crippen molar-refractivity contribution in [3.05, 3.63) is 80.8 Å². The standard InChI is InChI=1S/C22H25N5O2/c1-14-11-15(2)23-21(28)20(14)22(29)26-12-16(3)27-18(24-25-19(27)13-26)10-9-17-7-5-4-6-8-17/h4-8,11,16H,9-10,12-13H2,1-3H3,(H,23,28)/t16-/m0/s1. The van der Waals surface area contributed by atoms with Crippen molar-refractivity contribution in [2.75, 3.05) is 6.54 Å². The molecule has 3 aromatic rings. The Labute approximate surface area is 169 Å². The molecule has 1 atom stereocenters. The van der Waals surface area contributed by atoms with E-state index in [9.17, 15) is 9.59 Å². The highest BCUT2D eigenvalue weighted by Gasteiger charge is 2.31. The van der Waals surface area contributed by atoms with Gasteiger partial charge in [-0.25, -0.2) is 0 Å². The van der Waals surface area contributed by atoms with Crippen LogP contribution in [0.25, 0.3) is 0 Å². The molecule has 4 rings (SSSR count). The van der Waals surface area contributed by atoms with Gasteiger partial charge in [-0.1, -0.05) is 30.3 Å². The summed E-state index contributed by atoms with van der Waals surface area (Å²) in [5.41, 5.74) is 2.58. The summed E-state index contributed by atoms with van der Waals surface area (Å²) in [6, 6.07) is 12.2. The first kappa shape index (κ1) is 19.1. The van der Waals surface area contributed by atoms with Crippen molar-refractivity contribution >= 4 is 5.91 Å². The van der Waals surface area contributed by atoms with Gasteiger partial charge in [-0.15, -0.1) is 10.2 Å². The Morgan fingerprint density at radius 3 is 2.66 bits per heavy atom. The van der Waals surface area contributed by atoms with Crippen molar-refractivity contribution in [3.63, 3.8) is 0 Å². The van der Waals surface area contributed by atoms with Crippen LogP contribution >= 0.6 is 0 Å². The maximum absolute atomic E-state index is 13.1. The minimum absolute atomic E-state index is 0.0494. The van der Waals surface area contributed by atoms with Crippen LogP contribution in [0, 0.1) is 13.8 Å². The Balaban J connectivity index is 1.55. The number of rotatable bonds is 4. The number of carbonyl (C=O) groups is 1. The molecule has 7 nitrogen and oxygen atoms in total. The van der Waals surface area contributed by atoms with Gasteiger partial charge in [-0.05, 0) is 44.4 Å². The molecule has 1 aliphatic rings. The summed E-state index contributed by atoms with van der Waals surface area (Å²) in [6.45, 7) is 6.55. The second kappa shape index (κ2) is 7.66. The largest absolute Gasteiger partial charge is 0.329 e. The number of carbonyl (C=O) groups excluding carboxylic acids is 1. The Morgan fingerprint density at radius 2 is 1.93 bits per heavy atom. The molecule has 0 unspecified atom stereocenters. The van der Waals surface area contributed by atoms with E-state index in [1.54, 1.807) is 11.8 Å². The minimum atomic E-state index is -0.337. The lowest BCUT2D eigenvalue weighted by Gasteiger charge is -2.32. The summed E-state index contributed by atoms with van der Waals surface area (Å²) in [4.78, 5) is 29.9. The zero-order valence-corrected chi connectivity index (χ0v) is 17.0. The van der Waals surface area contributed by atoms with Crippen LogP contribution in [0.1, 0.15) is 51.8 Å². The summed E-state index contributed by atoms with van der Waals surface area (Å²) in [6.07, 6.45) is 1.69. The van der Waals surface area contributed by atoms with Crippen molar-refractivity contribution in [3.8, 4) is 0 Å². The van der Waals surface area contributed by atoms with Gasteiger partial charge >= 0.3 is 0 Å². The molecule has 1 aliphatic heterocycles. The molecule has 2 aromatic heterocycles. The second-order valence-corrected chi connectivity index (χ2v) is 7.76. The lowest BCUT2D eigenvalue weighted by atomic mass is 10.1. The van der Waals surface area contributed by atoms with E-state index in [0.717, 1.165) is 30.2 Å². The van der Waals surface area contributed by atoms with Crippen LogP contribution in [-0.2, 0) is 19.4 Å².